The summed E-state index contributed by atoms with van der Waals surface area (Å²) >= 11 is 10.8. The van der Waals surface area contributed by atoms with Crippen LogP contribution in [0.2, 0.25) is 0 Å². The van der Waals surface area contributed by atoms with E-state index in [1.165, 1.54) is 11.1 Å². The molecule has 0 aliphatic heterocycles. The van der Waals surface area contributed by atoms with E-state index in [0.29, 0.717) is 0 Å². The van der Waals surface area contributed by atoms with Crippen LogP contribution in [0.1, 0.15) is 11.1 Å². The van der Waals surface area contributed by atoms with Crippen molar-refractivity contribution in [2.24, 2.45) is 14.1 Å². The minimum atomic E-state index is 0.785. The first kappa shape index (κ1) is 15.0. The Labute approximate surface area is 139 Å². The van der Waals surface area contributed by atoms with E-state index in [9.17, 15) is 0 Å². The standard InChI is InChI=1S/C16H18N4S2/c1-17-6-8-19(15(17)21)11-13-4-3-5-14(10-13)12-20-9-7-18(2)16(20)22/h3-10H,11-12H2,1-2H3. The van der Waals surface area contributed by atoms with Crippen LogP contribution in [0, 0.1) is 9.54 Å². The van der Waals surface area contributed by atoms with Crippen LogP contribution in [-0.2, 0) is 27.2 Å². The van der Waals surface area contributed by atoms with Crippen molar-refractivity contribution >= 4 is 24.4 Å². The zero-order chi connectivity index (χ0) is 15.7. The zero-order valence-electron chi connectivity index (χ0n) is 12.6. The molecule has 0 aliphatic carbocycles. The maximum absolute atomic E-state index is 5.39. The van der Waals surface area contributed by atoms with Crippen molar-refractivity contribution in [1.29, 1.82) is 0 Å². The van der Waals surface area contributed by atoms with Gasteiger partial charge in [-0.2, -0.15) is 0 Å². The summed E-state index contributed by atoms with van der Waals surface area (Å²) in [6, 6.07) is 8.55. The summed E-state index contributed by atoms with van der Waals surface area (Å²) < 4.78 is 9.70. The average molecular weight is 330 g/mol. The number of hydrogen-bond acceptors (Lipinski definition) is 2. The van der Waals surface area contributed by atoms with Crippen LogP contribution in [0.25, 0.3) is 0 Å². The highest BCUT2D eigenvalue weighted by molar-refractivity contribution is 7.71. The van der Waals surface area contributed by atoms with Gasteiger partial charge in [0.1, 0.15) is 0 Å². The van der Waals surface area contributed by atoms with E-state index in [2.05, 4.69) is 33.4 Å². The second-order valence-electron chi connectivity index (χ2n) is 5.46. The molecule has 0 aliphatic rings. The van der Waals surface area contributed by atoms with Crippen LogP contribution in [0.3, 0.4) is 0 Å². The van der Waals surface area contributed by atoms with E-state index in [0.717, 1.165) is 22.6 Å². The Morgan fingerprint density at radius 2 is 1.23 bits per heavy atom. The molecule has 2 heterocycles. The molecule has 0 amide bonds. The summed E-state index contributed by atoms with van der Waals surface area (Å²) in [5.74, 6) is 0. The van der Waals surface area contributed by atoms with Gasteiger partial charge in [0.25, 0.3) is 0 Å². The summed E-state index contributed by atoms with van der Waals surface area (Å²) in [6.45, 7) is 1.57. The minimum absolute atomic E-state index is 0.785. The first-order valence-corrected chi connectivity index (χ1v) is 7.87. The molecule has 0 radical (unpaired) electrons. The fraction of sp³-hybridized carbons (Fsp3) is 0.250. The van der Waals surface area contributed by atoms with Crippen LogP contribution in [0.4, 0.5) is 0 Å². The Morgan fingerprint density at radius 3 is 1.59 bits per heavy atom. The van der Waals surface area contributed by atoms with E-state index in [4.69, 9.17) is 24.4 Å². The van der Waals surface area contributed by atoms with Crippen molar-refractivity contribution in [3.63, 3.8) is 0 Å². The monoisotopic (exact) mass is 330 g/mol. The molecule has 0 atom stereocenters. The highest BCUT2D eigenvalue weighted by atomic mass is 32.1. The van der Waals surface area contributed by atoms with Gasteiger partial charge in [-0.05, 0) is 35.6 Å². The van der Waals surface area contributed by atoms with Gasteiger partial charge < -0.3 is 18.3 Å². The molecule has 0 fully saturated rings. The predicted molar refractivity (Wildman–Crippen MR) is 93.1 cm³/mol. The summed E-state index contributed by atoms with van der Waals surface area (Å²) in [5.41, 5.74) is 2.48. The van der Waals surface area contributed by atoms with Gasteiger partial charge in [0, 0.05) is 52.0 Å². The molecule has 4 nitrogen and oxygen atoms in total. The molecule has 114 valence electrons. The molecule has 0 N–H and O–H groups in total. The first-order valence-electron chi connectivity index (χ1n) is 7.06. The van der Waals surface area contributed by atoms with Crippen molar-refractivity contribution in [2.45, 2.75) is 13.1 Å². The summed E-state index contributed by atoms with van der Waals surface area (Å²) in [5, 5.41) is 0. The molecular formula is C16H18N4S2. The lowest BCUT2D eigenvalue weighted by atomic mass is 10.1. The SMILES string of the molecule is Cn1ccn(Cc2cccc(Cn3ccn(C)c3=S)c2)c1=S. The summed E-state index contributed by atoms with van der Waals surface area (Å²) in [6.07, 6.45) is 8.00. The Balaban J connectivity index is 1.84. The van der Waals surface area contributed by atoms with E-state index in [-0.39, 0.29) is 0 Å². The number of nitrogens with zero attached hydrogens (tertiary/aromatic N) is 4. The third kappa shape index (κ3) is 2.98. The second kappa shape index (κ2) is 6.06. The molecule has 0 unspecified atom stereocenters. The van der Waals surface area contributed by atoms with E-state index < -0.39 is 0 Å². The second-order valence-corrected chi connectivity index (χ2v) is 6.19. The lowest BCUT2D eigenvalue weighted by Crippen LogP contribution is -2.03. The van der Waals surface area contributed by atoms with Crippen molar-refractivity contribution in [3.05, 3.63) is 69.7 Å². The van der Waals surface area contributed by atoms with Crippen LogP contribution in [0.15, 0.2) is 49.1 Å². The first-order chi connectivity index (χ1) is 10.5. The van der Waals surface area contributed by atoms with Crippen molar-refractivity contribution < 1.29 is 0 Å². The van der Waals surface area contributed by atoms with Crippen LogP contribution in [0.5, 0.6) is 0 Å². The topological polar surface area (TPSA) is 19.7 Å². The van der Waals surface area contributed by atoms with Crippen LogP contribution in [-0.4, -0.2) is 18.3 Å². The third-order valence-electron chi connectivity index (χ3n) is 3.73. The molecule has 0 bridgehead atoms. The van der Waals surface area contributed by atoms with Gasteiger partial charge in [0.05, 0.1) is 0 Å². The van der Waals surface area contributed by atoms with Gasteiger partial charge in [-0.3, -0.25) is 0 Å². The van der Waals surface area contributed by atoms with Gasteiger partial charge >= 0.3 is 0 Å². The van der Waals surface area contributed by atoms with Gasteiger partial charge in [-0.25, -0.2) is 0 Å². The molecule has 3 aromatic rings. The third-order valence-corrected chi connectivity index (χ3v) is 4.78. The van der Waals surface area contributed by atoms with E-state index in [1.54, 1.807) is 0 Å². The quantitative estimate of drug-likeness (QED) is 0.682. The molecule has 3 rings (SSSR count). The largest absolute Gasteiger partial charge is 0.327 e. The van der Waals surface area contributed by atoms with Gasteiger partial charge in [0.15, 0.2) is 9.54 Å². The normalized spacial score (nSPS) is 11.0. The molecule has 1 aromatic carbocycles. The number of benzene rings is 1. The van der Waals surface area contributed by atoms with Gasteiger partial charge in [-0.1, -0.05) is 24.3 Å². The molecule has 2 aromatic heterocycles. The summed E-state index contributed by atoms with van der Waals surface area (Å²) in [7, 11) is 3.93. The fourth-order valence-electron chi connectivity index (χ4n) is 2.48. The molecule has 22 heavy (non-hydrogen) atoms. The van der Waals surface area contributed by atoms with Gasteiger partial charge in [0.2, 0.25) is 0 Å². The molecule has 6 heteroatoms. The van der Waals surface area contributed by atoms with Gasteiger partial charge in [-0.15, -0.1) is 0 Å². The lowest BCUT2D eigenvalue weighted by molar-refractivity contribution is 0.734. The number of aryl methyl sites for hydroxylation is 2. The number of imidazole rings is 2. The van der Waals surface area contributed by atoms with E-state index in [1.807, 2.05) is 48.0 Å². The van der Waals surface area contributed by atoms with Crippen molar-refractivity contribution in [3.8, 4) is 0 Å². The number of hydrogen-bond donors (Lipinski definition) is 0. The molecule has 0 saturated carbocycles. The highest BCUT2D eigenvalue weighted by Crippen LogP contribution is 2.10. The Morgan fingerprint density at radius 1 is 0.773 bits per heavy atom. The Kier molecular flexibility index (Phi) is 4.13. The fourth-order valence-corrected chi connectivity index (χ4v) is 2.85. The zero-order valence-corrected chi connectivity index (χ0v) is 14.3. The summed E-state index contributed by atoms with van der Waals surface area (Å²) in [4.78, 5) is 0. The average Bonchev–Trinajstić information content (AvgIpc) is 2.98. The lowest BCUT2D eigenvalue weighted by Gasteiger charge is -2.07. The Hall–Kier alpha value is -1.92. The van der Waals surface area contributed by atoms with Crippen LogP contribution >= 0.6 is 24.4 Å². The maximum Gasteiger partial charge on any atom is 0.179 e. The molecular weight excluding hydrogens is 312 g/mol. The van der Waals surface area contributed by atoms with E-state index >= 15 is 0 Å². The number of rotatable bonds is 4. The maximum atomic E-state index is 5.39. The smallest absolute Gasteiger partial charge is 0.179 e. The molecule has 0 saturated heterocycles. The predicted octanol–water partition coefficient (Wildman–Crippen LogP) is 3.52. The molecule has 0 spiro atoms. The van der Waals surface area contributed by atoms with Crippen LogP contribution < -0.4 is 0 Å². The van der Waals surface area contributed by atoms with Crippen molar-refractivity contribution in [1.82, 2.24) is 18.3 Å². The minimum Gasteiger partial charge on any atom is -0.327 e. The highest BCUT2D eigenvalue weighted by Gasteiger charge is 2.02. The Bertz CT molecular complexity index is 839. The number of aromatic nitrogens is 4. The van der Waals surface area contributed by atoms with Crippen molar-refractivity contribution in [2.75, 3.05) is 0 Å².